The fourth-order valence-corrected chi connectivity index (χ4v) is 4.31. The molecule has 4 aromatic carbocycles. The highest BCUT2D eigenvalue weighted by Crippen LogP contribution is 2.39. The molecule has 4 aromatic rings. The average Bonchev–Trinajstić information content (AvgIpc) is 2.70. The molecule has 0 atom stereocenters. The zero-order chi connectivity index (χ0) is 24.9. The van der Waals surface area contributed by atoms with Gasteiger partial charge in [-0.05, 0) is 61.9 Å². The molecule has 0 saturated carbocycles. The Morgan fingerprint density at radius 3 is 1.88 bits per heavy atom. The number of ether oxygens (including phenoxy) is 1. The molecule has 1 nitrogen and oxygen atoms in total. The van der Waals surface area contributed by atoms with Gasteiger partial charge < -0.3 is 4.74 Å². The predicted octanol–water partition coefficient (Wildman–Crippen LogP) is 8.43. The summed E-state index contributed by atoms with van der Waals surface area (Å²) in [7, 11) is 0. The van der Waals surface area contributed by atoms with Crippen molar-refractivity contribution in [2.45, 2.75) is 33.8 Å². The highest BCUT2D eigenvalue weighted by Gasteiger charge is 2.38. The summed E-state index contributed by atoms with van der Waals surface area (Å²) >= 11 is 0. The molecule has 0 radical (unpaired) electrons. The Labute approximate surface area is 192 Å². The topological polar surface area (TPSA) is 9.23 Å². The molecule has 0 bridgehead atoms. The first-order valence-electron chi connectivity index (χ1n) is 10.4. The highest BCUT2D eigenvalue weighted by atomic mass is 19.3. The van der Waals surface area contributed by atoms with Crippen LogP contribution in [0.1, 0.15) is 27.8 Å². The Morgan fingerprint density at radius 2 is 1.29 bits per heavy atom. The first-order chi connectivity index (χ1) is 15.9. The molecule has 0 aliphatic rings. The molecule has 0 N–H and O–H groups in total. The molecule has 0 aliphatic heterocycles. The fourth-order valence-electron chi connectivity index (χ4n) is 4.31. The van der Waals surface area contributed by atoms with E-state index in [-0.39, 0.29) is 38.6 Å². The SMILES string of the molecule is Cc1cc(C)c(C(F)(F)Oc2cc(F)c(-c3ccc4c(F)c(C)c(F)cc4c3)c(F)c2)c(C)c1. The molecule has 0 heterocycles. The third-order valence-electron chi connectivity index (χ3n) is 5.78. The second-order valence-electron chi connectivity index (χ2n) is 8.39. The summed E-state index contributed by atoms with van der Waals surface area (Å²) in [5.41, 5.74) is 0.282. The molecule has 0 spiro atoms. The zero-order valence-electron chi connectivity index (χ0n) is 18.8. The van der Waals surface area contributed by atoms with Crippen molar-refractivity contribution in [1.29, 1.82) is 0 Å². The van der Waals surface area contributed by atoms with E-state index in [0.29, 0.717) is 12.1 Å². The molecule has 4 rings (SSSR count). The van der Waals surface area contributed by atoms with Crippen LogP contribution in [-0.2, 0) is 6.11 Å². The van der Waals surface area contributed by atoms with E-state index < -0.39 is 40.7 Å². The first-order valence-corrected chi connectivity index (χ1v) is 10.4. The van der Waals surface area contributed by atoms with Gasteiger partial charge in [0.2, 0.25) is 0 Å². The predicted molar refractivity (Wildman–Crippen MR) is 119 cm³/mol. The second-order valence-corrected chi connectivity index (χ2v) is 8.39. The summed E-state index contributed by atoms with van der Waals surface area (Å²) in [4.78, 5) is 0. The van der Waals surface area contributed by atoms with E-state index in [1.165, 1.54) is 39.0 Å². The summed E-state index contributed by atoms with van der Waals surface area (Å²) in [6.07, 6.45) is -3.84. The van der Waals surface area contributed by atoms with E-state index in [2.05, 4.69) is 0 Å². The molecule has 0 aliphatic carbocycles. The Morgan fingerprint density at radius 1 is 0.706 bits per heavy atom. The number of rotatable bonds is 4. The van der Waals surface area contributed by atoms with Crippen LogP contribution in [0, 0.1) is 51.0 Å². The molecular weight excluding hydrogens is 454 g/mol. The lowest BCUT2D eigenvalue weighted by molar-refractivity contribution is -0.186. The second kappa shape index (κ2) is 8.38. The van der Waals surface area contributed by atoms with Crippen LogP contribution in [0.4, 0.5) is 26.3 Å². The van der Waals surface area contributed by atoms with Crippen molar-refractivity contribution in [3.05, 3.63) is 99.6 Å². The van der Waals surface area contributed by atoms with Gasteiger partial charge in [0.15, 0.2) is 0 Å². The van der Waals surface area contributed by atoms with Crippen LogP contribution in [0.25, 0.3) is 21.9 Å². The molecule has 34 heavy (non-hydrogen) atoms. The Hall–Kier alpha value is -3.48. The minimum Gasteiger partial charge on any atom is -0.429 e. The normalized spacial score (nSPS) is 11.8. The van der Waals surface area contributed by atoms with Crippen LogP contribution in [0.5, 0.6) is 5.75 Å². The van der Waals surface area contributed by atoms with Crippen molar-refractivity contribution < 1.29 is 31.1 Å². The van der Waals surface area contributed by atoms with Crippen molar-refractivity contribution in [3.63, 3.8) is 0 Å². The van der Waals surface area contributed by atoms with E-state index in [1.807, 2.05) is 0 Å². The number of benzene rings is 4. The van der Waals surface area contributed by atoms with Gasteiger partial charge in [0, 0.05) is 23.1 Å². The summed E-state index contributed by atoms with van der Waals surface area (Å²) < 4.78 is 92.6. The molecule has 0 fully saturated rings. The monoisotopic (exact) mass is 474 g/mol. The molecule has 7 heteroatoms. The third-order valence-corrected chi connectivity index (χ3v) is 5.78. The van der Waals surface area contributed by atoms with Crippen LogP contribution in [0.2, 0.25) is 0 Å². The lowest BCUT2D eigenvalue weighted by Crippen LogP contribution is -2.24. The van der Waals surface area contributed by atoms with Crippen LogP contribution in [0.3, 0.4) is 0 Å². The molecular formula is C27H20F6O. The van der Waals surface area contributed by atoms with E-state index in [9.17, 15) is 26.3 Å². The van der Waals surface area contributed by atoms with Crippen molar-refractivity contribution in [2.24, 2.45) is 0 Å². The fraction of sp³-hybridized carbons (Fsp3) is 0.185. The van der Waals surface area contributed by atoms with Crippen LogP contribution in [0.15, 0.2) is 48.5 Å². The van der Waals surface area contributed by atoms with Crippen molar-refractivity contribution in [2.75, 3.05) is 0 Å². The van der Waals surface area contributed by atoms with Crippen molar-refractivity contribution in [1.82, 2.24) is 0 Å². The molecule has 0 saturated heterocycles. The van der Waals surface area contributed by atoms with Gasteiger partial charge in [-0.1, -0.05) is 29.8 Å². The van der Waals surface area contributed by atoms with Crippen molar-refractivity contribution >= 4 is 10.8 Å². The van der Waals surface area contributed by atoms with E-state index in [0.717, 1.165) is 11.6 Å². The van der Waals surface area contributed by atoms with Gasteiger partial charge in [0.25, 0.3) is 0 Å². The number of fused-ring (bicyclic) bond motifs is 1. The lowest BCUT2D eigenvalue weighted by Gasteiger charge is -2.23. The van der Waals surface area contributed by atoms with Crippen molar-refractivity contribution in [3.8, 4) is 16.9 Å². The maximum Gasteiger partial charge on any atom is 0.427 e. The van der Waals surface area contributed by atoms with Gasteiger partial charge in [-0.3, -0.25) is 0 Å². The molecule has 0 aromatic heterocycles. The van der Waals surface area contributed by atoms with E-state index >= 15 is 0 Å². The number of hydrogen-bond donors (Lipinski definition) is 0. The Bertz CT molecular complexity index is 1400. The Balaban J connectivity index is 1.74. The number of hydrogen-bond acceptors (Lipinski definition) is 1. The third kappa shape index (κ3) is 4.11. The van der Waals surface area contributed by atoms with Crippen LogP contribution >= 0.6 is 0 Å². The van der Waals surface area contributed by atoms with Crippen LogP contribution < -0.4 is 4.74 Å². The standard InChI is InChI=1S/C27H20F6O/c1-13-7-14(2)25(15(3)8-13)27(32,33)34-19-11-22(29)24(23(30)12-19)17-5-6-20-18(9-17)10-21(28)16(4)26(20)31/h5-12H,1-4H3. The highest BCUT2D eigenvalue weighted by molar-refractivity contribution is 5.88. The summed E-state index contributed by atoms with van der Waals surface area (Å²) in [5, 5.41) is 0.195. The zero-order valence-corrected chi connectivity index (χ0v) is 18.8. The van der Waals surface area contributed by atoms with E-state index in [4.69, 9.17) is 4.74 Å². The van der Waals surface area contributed by atoms with Gasteiger partial charge in [0.1, 0.15) is 29.0 Å². The average molecular weight is 474 g/mol. The summed E-state index contributed by atoms with van der Waals surface area (Å²) in [6, 6.07) is 9.31. The maximum atomic E-state index is 14.9. The number of halogens is 6. The lowest BCUT2D eigenvalue weighted by atomic mass is 9.98. The van der Waals surface area contributed by atoms with Crippen LogP contribution in [-0.4, -0.2) is 0 Å². The maximum absolute atomic E-state index is 14.9. The number of aryl methyl sites for hydroxylation is 3. The van der Waals surface area contributed by atoms with Gasteiger partial charge >= 0.3 is 6.11 Å². The first kappa shape index (κ1) is 23.7. The Kier molecular flexibility index (Phi) is 5.84. The summed E-state index contributed by atoms with van der Waals surface area (Å²) in [6.45, 7) is 6.06. The molecule has 0 unspecified atom stereocenters. The van der Waals surface area contributed by atoms with Gasteiger partial charge in [-0.2, -0.15) is 8.78 Å². The van der Waals surface area contributed by atoms with Gasteiger partial charge in [-0.15, -0.1) is 0 Å². The smallest absolute Gasteiger partial charge is 0.427 e. The molecule has 176 valence electrons. The quantitative estimate of drug-likeness (QED) is 0.270. The van der Waals surface area contributed by atoms with E-state index in [1.54, 1.807) is 19.1 Å². The minimum absolute atomic E-state index is 0.00585. The largest absolute Gasteiger partial charge is 0.429 e. The summed E-state index contributed by atoms with van der Waals surface area (Å²) in [5.74, 6) is -4.58. The minimum atomic E-state index is -3.84. The molecule has 0 amide bonds. The van der Waals surface area contributed by atoms with Gasteiger partial charge in [0.05, 0.1) is 11.1 Å². The van der Waals surface area contributed by atoms with Gasteiger partial charge in [-0.25, -0.2) is 17.6 Å². The number of alkyl halides is 2.